The molecule has 0 aromatic carbocycles. The summed E-state index contributed by atoms with van der Waals surface area (Å²) in [4.78, 5) is 2.24. The van der Waals surface area contributed by atoms with Crippen molar-refractivity contribution in [2.45, 2.75) is 19.4 Å². The molecule has 2 rings (SSSR count). The molecule has 6 heteroatoms. The second-order valence-electron chi connectivity index (χ2n) is 4.24. The minimum atomic E-state index is 0.0702. The van der Waals surface area contributed by atoms with Crippen LogP contribution >= 0.6 is 0 Å². The highest BCUT2D eigenvalue weighted by Crippen LogP contribution is 2.21. The maximum absolute atomic E-state index is 4.04. The number of hydrogen-bond donors (Lipinski definition) is 1. The molecular weight excluding hydrogens is 180 g/mol. The van der Waals surface area contributed by atoms with Crippen molar-refractivity contribution in [2.24, 2.45) is 7.05 Å². The van der Waals surface area contributed by atoms with E-state index in [1.165, 1.54) is 0 Å². The molecule has 1 fully saturated rings. The van der Waals surface area contributed by atoms with Crippen LogP contribution in [0.25, 0.3) is 0 Å². The summed E-state index contributed by atoms with van der Waals surface area (Å²) >= 11 is 0. The van der Waals surface area contributed by atoms with Crippen molar-refractivity contribution in [2.75, 3.05) is 24.5 Å². The van der Waals surface area contributed by atoms with E-state index in [1.54, 1.807) is 4.68 Å². The summed E-state index contributed by atoms with van der Waals surface area (Å²) in [7, 11) is 1.87. The van der Waals surface area contributed by atoms with E-state index in [1.807, 2.05) is 7.05 Å². The smallest absolute Gasteiger partial charge is 0.245 e. The van der Waals surface area contributed by atoms with E-state index >= 15 is 0 Å². The van der Waals surface area contributed by atoms with Gasteiger partial charge in [-0.15, -0.1) is 0 Å². The number of nitrogens with zero attached hydrogens (tertiary/aromatic N) is 5. The van der Waals surface area contributed by atoms with Crippen LogP contribution in [0.15, 0.2) is 0 Å². The second kappa shape index (κ2) is 3.20. The standard InChI is InChI=1S/C8H16N6/c1-8(2)6-9-4-5-14(8)7-10-11-12-13(7)3/h9H,4-6H2,1-3H3. The van der Waals surface area contributed by atoms with Crippen molar-refractivity contribution in [3.8, 4) is 0 Å². The molecule has 1 N–H and O–H groups in total. The second-order valence-corrected chi connectivity index (χ2v) is 4.24. The van der Waals surface area contributed by atoms with E-state index in [9.17, 15) is 0 Å². The molecule has 0 amide bonds. The summed E-state index contributed by atoms with van der Waals surface area (Å²) in [6.07, 6.45) is 0. The largest absolute Gasteiger partial charge is 0.332 e. The van der Waals surface area contributed by atoms with Crippen LogP contribution in [0.5, 0.6) is 0 Å². The predicted octanol–water partition coefficient (Wildman–Crippen LogP) is -0.602. The lowest BCUT2D eigenvalue weighted by Gasteiger charge is -2.42. The van der Waals surface area contributed by atoms with E-state index in [0.29, 0.717) is 0 Å². The summed E-state index contributed by atoms with van der Waals surface area (Å²) in [5.74, 6) is 0.844. The van der Waals surface area contributed by atoms with Gasteiger partial charge in [0.25, 0.3) is 0 Å². The molecule has 1 aromatic heterocycles. The lowest BCUT2D eigenvalue weighted by molar-refractivity contribution is 0.371. The van der Waals surface area contributed by atoms with E-state index in [0.717, 1.165) is 25.6 Å². The zero-order valence-electron chi connectivity index (χ0n) is 8.86. The first-order valence-electron chi connectivity index (χ1n) is 4.82. The van der Waals surface area contributed by atoms with Gasteiger partial charge in [-0.2, -0.15) is 0 Å². The van der Waals surface area contributed by atoms with Gasteiger partial charge >= 0.3 is 0 Å². The first kappa shape index (κ1) is 9.39. The van der Waals surface area contributed by atoms with E-state index in [-0.39, 0.29) is 5.54 Å². The van der Waals surface area contributed by atoms with Crippen LogP contribution in [0.2, 0.25) is 0 Å². The van der Waals surface area contributed by atoms with Gasteiger partial charge in [0.1, 0.15) is 0 Å². The van der Waals surface area contributed by atoms with Crippen LogP contribution in [0.3, 0.4) is 0 Å². The maximum Gasteiger partial charge on any atom is 0.245 e. The van der Waals surface area contributed by atoms with Crippen molar-refractivity contribution in [1.29, 1.82) is 0 Å². The van der Waals surface area contributed by atoms with Crippen molar-refractivity contribution in [1.82, 2.24) is 25.5 Å². The first-order valence-corrected chi connectivity index (χ1v) is 4.82. The quantitative estimate of drug-likeness (QED) is 0.650. The Morgan fingerprint density at radius 1 is 1.43 bits per heavy atom. The molecule has 2 heterocycles. The number of rotatable bonds is 1. The third-order valence-corrected chi connectivity index (χ3v) is 2.64. The molecule has 0 bridgehead atoms. The number of piperazine rings is 1. The molecule has 0 saturated carbocycles. The molecule has 1 saturated heterocycles. The Bertz CT molecular complexity index is 317. The fraction of sp³-hybridized carbons (Fsp3) is 0.875. The fourth-order valence-corrected chi connectivity index (χ4v) is 1.81. The lowest BCUT2D eigenvalue weighted by atomic mass is 10.0. The average Bonchev–Trinajstić information content (AvgIpc) is 2.51. The Kier molecular flexibility index (Phi) is 2.14. The summed E-state index contributed by atoms with van der Waals surface area (Å²) < 4.78 is 1.72. The van der Waals surface area contributed by atoms with E-state index < -0.39 is 0 Å². The molecule has 0 atom stereocenters. The normalized spacial score (nSPS) is 21.2. The Balaban J connectivity index is 2.28. The maximum atomic E-state index is 4.04. The topological polar surface area (TPSA) is 58.9 Å². The van der Waals surface area contributed by atoms with Gasteiger partial charge in [0, 0.05) is 32.2 Å². The number of anilines is 1. The molecule has 1 aliphatic heterocycles. The third-order valence-electron chi connectivity index (χ3n) is 2.64. The SMILES string of the molecule is Cn1nnnc1N1CCNCC1(C)C. The minimum Gasteiger partial charge on any atom is -0.332 e. The highest BCUT2D eigenvalue weighted by Gasteiger charge is 2.32. The van der Waals surface area contributed by atoms with Crippen LogP contribution in [0.4, 0.5) is 5.95 Å². The molecule has 0 radical (unpaired) electrons. The number of aryl methyl sites for hydroxylation is 1. The van der Waals surface area contributed by atoms with E-state index in [2.05, 4.69) is 39.6 Å². The number of nitrogens with one attached hydrogen (secondary N) is 1. The van der Waals surface area contributed by atoms with Crippen molar-refractivity contribution in [3.63, 3.8) is 0 Å². The number of aromatic nitrogens is 4. The molecule has 1 aliphatic rings. The summed E-state index contributed by atoms with van der Waals surface area (Å²) in [6.45, 7) is 7.26. The Hall–Kier alpha value is -1.17. The fourth-order valence-electron chi connectivity index (χ4n) is 1.81. The third kappa shape index (κ3) is 1.45. The molecule has 0 spiro atoms. The van der Waals surface area contributed by atoms with Gasteiger partial charge < -0.3 is 10.2 Å². The monoisotopic (exact) mass is 196 g/mol. The van der Waals surface area contributed by atoms with Crippen LogP contribution in [0.1, 0.15) is 13.8 Å². The van der Waals surface area contributed by atoms with Gasteiger partial charge in [-0.1, -0.05) is 5.10 Å². The van der Waals surface area contributed by atoms with Crippen LogP contribution < -0.4 is 10.2 Å². The molecular formula is C8H16N6. The molecule has 6 nitrogen and oxygen atoms in total. The predicted molar refractivity (Wildman–Crippen MR) is 53.1 cm³/mol. The van der Waals surface area contributed by atoms with Crippen LogP contribution in [-0.2, 0) is 7.05 Å². The highest BCUT2D eigenvalue weighted by atomic mass is 15.6. The van der Waals surface area contributed by atoms with Gasteiger partial charge in [-0.25, -0.2) is 4.68 Å². The molecule has 1 aromatic rings. The number of hydrogen-bond acceptors (Lipinski definition) is 5. The van der Waals surface area contributed by atoms with E-state index in [4.69, 9.17) is 0 Å². The van der Waals surface area contributed by atoms with Crippen LogP contribution in [0, 0.1) is 0 Å². The van der Waals surface area contributed by atoms with Gasteiger partial charge in [0.05, 0.1) is 0 Å². The lowest BCUT2D eigenvalue weighted by Crippen LogP contribution is -2.58. The summed E-state index contributed by atoms with van der Waals surface area (Å²) in [6, 6.07) is 0. The number of tetrazole rings is 1. The Morgan fingerprint density at radius 3 is 2.79 bits per heavy atom. The molecule has 0 unspecified atom stereocenters. The highest BCUT2D eigenvalue weighted by molar-refractivity contribution is 5.34. The van der Waals surface area contributed by atoms with Crippen molar-refractivity contribution in [3.05, 3.63) is 0 Å². The minimum absolute atomic E-state index is 0.0702. The molecule has 0 aliphatic carbocycles. The van der Waals surface area contributed by atoms with Crippen molar-refractivity contribution >= 4 is 5.95 Å². The molecule has 78 valence electrons. The van der Waals surface area contributed by atoms with Gasteiger partial charge in [-0.05, 0) is 24.3 Å². The van der Waals surface area contributed by atoms with Gasteiger partial charge in [-0.3, -0.25) is 0 Å². The van der Waals surface area contributed by atoms with Gasteiger partial charge in [0.15, 0.2) is 0 Å². The first-order chi connectivity index (χ1) is 6.61. The van der Waals surface area contributed by atoms with Gasteiger partial charge in [0.2, 0.25) is 5.95 Å². The zero-order chi connectivity index (χ0) is 10.2. The zero-order valence-corrected chi connectivity index (χ0v) is 8.86. The summed E-state index contributed by atoms with van der Waals surface area (Å²) in [5, 5.41) is 14.9. The summed E-state index contributed by atoms with van der Waals surface area (Å²) in [5.41, 5.74) is 0.0702. The molecule has 14 heavy (non-hydrogen) atoms. The van der Waals surface area contributed by atoms with Crippen LogP contribution in [-0.4, -0.2) is 45.4 Å². The Labute approximate surface area is 83.3 Å². The van der Waals surface area contributed by atoms with Crippen molar-refractivity contribution < 1.29 is 0 Å². The average molecular weight is 196 g/mol. The Morgan fingerprint density at radius 2 is 2.21 bits per heavy atom.